The summed E-state index contributed by atoms with van der Waals surface area (Å²) in [7, 11) is 0. The van der Waals surface area contributed by atoms with Crippen molar-refractivity contribution in [1.82, 2.24) is 31.9 Å². The normalized spacial score (nSPS) is 23.2. The number of rotatable bonds is 7. The first-order chi connectivity index (χ1) is 20.4. The van der Waals surface area contributed by atoms with Crippen LogP contribution in [0.5, 0.6) is 0 Å². The van der Waals surface area contributed by atoms with E-state index < -0.39 is 85.1 Å². The number of benzene rings is 1. The van der Waals surface area contributed by atoms with Gasteiger partial charge in [-0.2, -0.15) is 12.6 Å². The Labute approximate surface area is 251 Å². The van der Waals surface area contributed by atoms with Gasteiger partial charge in [0, 0.05) is 12.3 Å². The van der Waals surface area contributed by atoms with Gasteiger partial charge < -0.3 is 37.8 Å². The van der Waals surface area contributed by atoms with E-state index >= 15 is 0 Å². The van der Waals surface area contributed by atoms with Gasteiger partial charge in [-0.05, 0) is 18.4 Å². The molecule has 0 aromatic heterocycles. The summed E-state index contributed by atoms with van der Waals surface area (Å²) in [4.78, 5) is 92.3. The van der Waals surface area contributed by atoms with Gasteiger partial charge in [0.15, 0.2) is 5.96 Å². The van der Waals surface area contributed by atoms with Gasteiger partial charge in [0.1, 0.15) is 18.1 Å². The van der Waals surface area contributed by atoms with Crippen LogP contribution < -0.4 is 43.4 Å². The molecule has 234 valence electrons. The average Bonchev–Trinajstić information content (AvgIpc) is 2.95. The quantitative estimate of drug-likeness (QED) is 0.0460. The molecule has 17 nitrogen and oxygen atoms in total. The van der Waals surface area contributed by atoms with Crippen LogP contribution >= 0.6 is 12.6 Å². The molecule has 0 spiro atoms. The molecule has 1 aliphatic heterocycles. The number of nitrogens with zero attached hydrogens (tertiary/aromatic N) is 1. The van der Waals surface area contributed by atoms with Crippen molar-refractivity contribution >= 4 is 60.0 Å². The Hall–Kier alpha value is -4.71. The number of carbonyl (C=O) groups is 7. The smallest absolute Gasteiger partial charge is 0.326 e. The zero-order chi connectivity index (χ0) is 31.9. The number of nitrogens with one attached hydrogen (secondary N) is 6. The van der Waals surface area contributed by atoms with E-state index in [-0.39, 0.29) is 31.1 Å². The summed E-state index contributed by atoms with van der Waals surface area (Å²) in [5, 5.41) is 23.6. The van der Waals surface area contributed by atoms with Crippen LogP contribution in [0.15, 0.2) is 35.3 Å². The number of thiol groups is 1. The highest BCUT2D eigenvalue weighted by atomic mass is 32.1. The Balaban J connectivity index is 2.38. The number of carbonyl (C=O) groups excluding carboxylic acids is 6. The zero-order valence-corrected chi connectivity index (χ0v) is 23.9. The lowest BCUT2D eigenvalue weighted by Gasteiger charge is -2.23. The molecule has 1 fully saturated rings. The highest BCUT2D eigenvalue weighted by Crippen LogP contribution is 2.14. The number of hydrogen-bond acceptors (Lipinski definition) is 10. The fraction of sp³-hybridized carbons (Fsp3) is 0.440. The zero-order valence-electron chi connectivity index (χ0n) is 23.0. The molecule has 6 amide bonds. The van der Waals surface area contributed by atoms with Crippen LogP contribution in [0, 0.1) is 0 Å². The lowest BCUT2D eigenvalue weighted by atomic mass is 10.0. The van der Waals surface area contributed by atoms with Gasteiger partial charge in [-0.1, -0.05) is 30.3 Å². The van der Waals surface area contributed by atoms with E-state index in [1.807, 2.05) is 0 Å². The average molecular weight is 622 g/mol. The molecule has 1 aromatic rings. The number of aliphatic imine (C=N–C) groups is 1. The van der Waals surface area contributed by atoms with Crippen molar-refractivity contribution in [3.63, 3.8) is 0 Å². The van der Waals surface area contributed by atoms with Crippen molar-refractivity contribution in [2.24, 2.45) is 16.5 Å². The molecule has 0 bridgehead atoms. The standard InChI is InChI=1S/C25H35N9O8S/c26-25(27)28-8-4-7-14-21(38)34-20(13-5-2-1-3-6-13)23(40)33-19(37)10-29-16(12-43)22(39)32-15(24(41)42)9-17(35)30-11-18(36)31-14/h1-3,5-6,14-16,20,29,43H,4,7-12H2,(H,30,35)(H,31,36)(H,32,39)(H,34,38)(H,41,42)(H4,26,27,28)(H,33,37,40)/t14-,15-,16-,20?/m0/s1. The summed E-state index contributed by atoms with van der Waals surface area (Å²) in [6, 6.07) is 2.57. The van der Waals surface area contributed by atoms with E-state index in [2.05, 4.69) is 49.5 Å². The van der Waals surface area contributed by atoms with E-state index in [0.717, 1.165) is 0 Å². The third-order valence-electron chi connectivity index (χ3n) is 6.00. The number of carboxylic acid groups (broad SMARTS) is 1. The first-order valence-corrected chi connectivity index (χ1v) is 13.7. The number of nitrogens with two attached hydrogens (primary N) is 2. The minimum absolute atomic E-state index is 0.0204. The van der Waals surface area contributed by atoms with Crippen LogP contribution in [-0.2, 0) is 33.6 Å². The van der Waals surface area contributed by atoms with Crippen molar-refractivity contribution in [3.8, 4) is 0 Å². The van der Waals surface area contributed by atoms with Crippen molar-refractivity contribution in [1.29, 1.82) is 0 Å². The summed E-state index contributed by atoms with van der Waals surface area (Å²) >= 11 is 4.04. The Bertz CT molecular complexity index is 1230. The second-order valence-corrected chi connectivity index (χ2v) is 9.70. The maximum Gasteiger partial charge on any atom is 0.326 e. The number of guanidine groups is 1. The van der Waals surface area contributed by atoms with Crippen LogP contribution in [0.25, 0.3) is 0 Å². The second-order valence-electron chi connectivity index (χ2n) is 9.33. The minimum atomic E-state index is -1.67. The highest BCUT2D eigenvalue weighted by Gasteiger charge is 2.31. The fourth-order valence-electron chi connectivity index (χ4n) is 3.82. The predicted molar refractivity (Wildman–Crippen MR) is 155 cm³/mol. The molecule has 2 rings (SSSR count). The lowest BCUT2D eigenvalue weighted by Crippen LogP contribution is -2.54. The second kappa shape index (κ2) is 17.3. The van der Waals surface area contributed by atoms with Crippen molar-refractivity contribution in [2.75, 3.05) is 25.4 Å². The summed E-state index contributed by atoms with van der Waals surface area (Å²) in [5.41, 5.74) is 11.0. The Morgan fingerprint density at radius 2 is 1.56 bits per heavy atom. The lowest BCUT2D eigenvalue weighted by molar-refractivity contribution is -0.144. The topological polar surface area (TPSA) is 276 Å². The summed E-state index contributed by atoms with van der Waals surface area (Å²) in [6.07, 6.45) is -0.461. The predicted octanol–water partition coefficient (Wildman–Crippen LogP) is -4.00. The number of hydrogen-bond donors (Lipinski definition) is 10. The van der Waals surface area contributed by atoms with Gasteiger partial charge >= 0.3 is 5.97 Å². The minimum Gasteiger partial charge on any atom is -0.480 e. The molecule has 1 unspecified atom stereocenters. The molecule has 18 heteroatoms. The SMILES string of the molecule is NC(N)=NCCC[C@@H]1NC(=O)CNC(=O)C[C@@H](C(=O)O)NC(=O)[C@H](CS)NCC(=O)NC(=O)C(c2ccccc2)NC1=O. The number of amides is 6. The Morgan fingerprint density at radius 1 is 0.884 bits per heavy atom. The molecule has 1 aromatic carbocycles. The van der Waals surface area contributed by atoms with E-state index in [4.69, 9.17) is 11.5 Å². The van der Waals surface area contributed by atoms with Gasteiger partial charge in [0.2, 0.25) is 29.5 Å². The van der Waals surface area contributed by atoms with E-state index in [1.54, 1.807) is 30.3 Å². The molecule has 11 N–H and O–H groups in total. The van der Waals surface area contributed by atoms with E-state index in [1.165, 1.54) is 0 Å². The summed E-state index contributed by atoms with van der Waals surface area (Å²) in [5.74, 6) is -6.97. The number of aliphatic carboxylic acids is 1. The largest absolute Gasteiger partial charge is 0.480 e. The molecule has 1 saturated heterocycles. The molecule has 1 heterocycles. The van der Waals surface area contributed by atoms with Gasteiger partial charge in [-0.25, -0.2) is 4.79 Å². The summed E-state index contributed by atoms with van der Waals surface area (Å²) in [6.45, 7) is -1.06. The first kappa shape index (κ1) is 34.5. The third kappa shape index (κ3) is 12.0. The monoisotopic (exact) mass is 621 g/mol. The molecule has 0 saturated carbocycles. The van der Waals surface area contributed by atoms with Crippen molar-refractivity contribution in [2.45, 2.75) is 43.4 Å². The number of imide groups is 1. The van der Waals surface area contributed by atoms with Crippen LogP contribution in [0.4, 0.5) is 0 Å². The van der Waals surface area contributed by atoms with Crippen LogP contribution in [0.1, 0.15) is 30.9 Å². The van der Waals surface area contributed by atoms with E-state index in [0.29, 0.717) is 5.56 Å². The van der Waals surface area contributed by atoms with Crippen molar-refractivity contribution in [3.05, 3.63) is 35.9 Å². The number of carboxylic acids is 1. The van der Waals surface area contributed by atoms with Crippen LogP contribution in [-0.4, -0.2) is 96.0 Å². The first-order valence-electron chi connectivity index (χ1n) is 13.1. The third-order valence-corrected chi connectivity index (χ3v) is 6.36. The van der Waals surface area contributed by atoms with Gasteiger partial charge in [0.05, 0.1) is 25.6 Å². The molecule has 43 heavy (non-hydrogen) atoms. The molecule has 0 radical (unpaired) electrons. The van der Waals surface area contributed by atoms with Gasteiger partial charge in [-0.3, -0.25) is 44.4 Å². The Morgan fingerprint density at radius 3 is 2.19 bits per heavy atom. The Kier molecular flexibility index (Phi) is 13.9. The highest BCUT2D eigenvalue weighted by molar-refractivity contribution is 7.80. The van der Waals surface area contributed by atoms with Crippen LogP contribution in [0.3, 0.4) is 0 Å². The fourth-order valence-corrected chi connectivity index (χ4v) is 4.12. The van der Waals surface area contributed by atoms with Crippen molar-refractivity contribution < 1.29 is 38.7 Å². The van der Waals surface area contributed by atoms with Gasteiger partial charge in [0.25, 0.3) is 5.91 Å². The van der Waals surface area contributed by atoms with E-state index in [9.17, 15) is 38.7 Å². The molecular weight excluding hydrogens is 586 g/mol. The van der Waals surface area contributed by atoms with Crippen LogP contribution in [0.2, 0.25) is 0 Å². The molecule has 0 aliphatic carbocycles. The maximum absolute atomic E-state index is 13.3. The maximum atomic E-state index is 13.3. The summed E-state index contributed by atoms with van der Waals surface area (Å²) < 4.78 is 0. The van der Waals surface area contributed by atoms with Gasteiger partial charge in [-0.15, -0.1) is 0 Å². The molecule has 1 aliphatic rings. The molecule has 4 atom stereocenters. The molecular formula is C25H35N9O8S.